The van der Waals surface area contributed by atoms with Gasteiger partial charge in [-0.1, -0.05) is 90.5 Å². The molecule has 2 atom stereocenters. The van der Waals surface area contributed by atoms with Crippen LogP contribution < -0.4 is 20.1 Å². The van der Waals surface area contributed by atoms with Crippen LogP contribution in [0.2, 0.25) is 0 Å². The lowest BCUT2D eigenvalue weighted by Crippen LogP contribution is -2.31. The molecule has 1 aromatic heterocycles. The summed E-state index contributed by atoms with van der Waals surface area (Å²) in [4.78, 5) is 21.4. The van der Waals surface area contributed by atoms with Gasteiger partial charge in [0, 0.05) is 35.6 Å². The van der Waals surface area contributed by atoms with Crippen molar-refractivity contribution >= 4 is 23.3 Å². The van der Waals surface area contributed by atoms with Crippen molar-refractivity contribution < 1.29 is 14.3 Å². The zero-order valence-electron chi connectivity index (χ0n) is 22.5. The molecule has 1 heterocycles. The van der Waals surface area contributed by atoms with Crippen molar-refractivity contribution in [1.82, 2.24) is 15.3 Å². The first-order valence-electron chi connectivity index (χ1n) is 13.5. The molecule has 8 heteroatoms. The molecule has 0 saturated carbocycles. The quantitative estimate of drug-likeness (QED) is 0.193. The number of rotatable bonds is 9. The SMILES string of the molecule is O=C(Nc1cnccn1)c1ccccc1CNC1=C(Cl)C(Oc2ccccc2)c2ccccc2C1Oc1ccccc1. The molecule has 42 heavy (non-hydrogen) atoms. The third kappa shape index (κ3) is 5.96. The van der Waals surface area contributed by atoms with E-state index in [-0.39, 0.29) is 5.91 Å². The van der Waals surface area contributed by atoms with E-state index < -0.39 is 12.2 Å². The lowest BCUT2D eigenvalue weighted by atomic mass is 9.89. The highest BCUT2D eigenvalue weighted by Crippen LogP contribution is 2.45. The molecule has 4 aromatic carbocycles. The largest absolute Gasteiger partial charge is 0.480 e. The lowest BCUT2D eigenvalue weighted by Gasteiger charge is -2.34. The standard InChI is InChI=1S/C34H27ClN4O3/c35-30-31(38-21-23-11-7-8-16-26(23)34(40)39-29-22-36-19-20-37-29)33(42-25-14-5-2-6-15-25)28-18-10-9-17-27(28)32(30)41-24-12-3-1-4-13-24/h1-20,22,32-33,38H,21H2,(H,37,39,40). The second kappa shape index (κ2) is 12.6. The van der Waals surface area contributed by atoms with Gasteiger partial charge in [-0.25, -0.2) is 4.98 Å². The lowest BCUT2D eigenvalue weighted by molar-refractivity contribution is 0.102. The summed E-state index contributed by atoms with van der Waals surface area (Å²) in [5, 5.41) is 6.79. The fourth-order valence-corrected chi connectivity index (χ4v) is 5.19. The van der Waals surface area contributed by atoms with Gasteiger partial charge < -0.3 is 20.1 Å². The number of carbonyl (C=O) groups excluding carboxylic acids is 1. The summed E-state index contributed by atoms with van der Waals surface area (Å²) in [6, 6.07) is 34.6. The van der Waals surface area contributed by atoms with Crippen molar-refractivity contribution in [3.05, 3.63) is 161 Å². The molecule has 1 amide bonds. The number of carbonyl (C=O) groups is 1. The van der Waals surface area contributed by atoms with Gasteiger partial charge in [0.15, 0.2) is 18.0 Å². The maximum absolute atomic E-state index is 13.2. The number of fused-ring (bicyclic) bond motifs is 1. The molecule has 1 aliphatic rings. The van der Waals surface area contributed by atoms with Crippen molar-refractivity contribution in [3.8, 4) is 11.5 Å². The number of aromatic nitrogens is 2. The third-order valence-electron chi connectivity index (χ3n) is 6.84. The predicted octanol–water partition coefficient (Wildman–Crippen LogP) is 7.22. The average molecular weight is 575 g/mol. The summed E-state index contributed by atoms with van der Waals surface area (Å²) in [5.41, 5.74) is 3.78. The van der Waals surface area contributed by atoms with E-state index in [4.69, 9.17) is 21.1 Å². The molecule has 6 rings (SSSR count). The molecular formula is C34H27ClN4O3. The van der Waals surface area contributed by atoms with Crippen LogP contribution in [0.3, 0.4) is 0 Å². The summed E-state index contributed by atoms with van der Waals surface area (Å²) >= 11 is 7.18. The maximum Gasteiger partial charge on any atom is 0.257 e. The van der Waals surface area contributed by atoms with Crippen LogP contribution in [0.25, 0.3) is 0 Å². The molecule has 5 aromatic rings. The number of hydrogen-bond acceptors (Lipinski definition) is 6. The van der Waals surface area contributed by atoms with Crippen LogP contribution in [0.4, 0.5) is 5.82 Å². The zero-order valence-corrected chi connectivity index (χ0v) is 23.2. The van der Waals surface area contributed by atoms with E-state index in [0.29, 0.717) is 40.2 Å². The Balaban J connectivity index is 1.35. The molecular weight excluding hydrogens is 548 g/mol. The highest BCUT2D eigenvalue weighted by Gasteiger charge is 2.36. The number of benzene rings is 4. The van der Waals surface area contributed by atoms with E-state index in [9.17, 15) is 4.79 Å². The average Bonchev–Trinajstić information content (AvgIpc) is 3.04. The topological polar surface area (TPSA) is 85.4 Å². The molecule has 0 fully saturated rings. The Hall–Kier alpha value is -5.14. The van der Waals surface area contributed by atoms with Crippen LogP contribution in [0.5, 0.6) is 11.5 Å². The number of anilines is 1. The van der Waals surface area contributed by atoms with E-state index in [1.54, 1.807) is 12.3 Å². The van der Waals surface area contributed by atoms with Crippen LogP contribution in [0.1, 0.15) is 39.3 Å². The number of para-hydroxylation sites is 2. The van der Waals surface area contributed by atoms with Gasteiger partial charge in [-0.15, -0.1) is 0 Å². The first kappa shape index (κ1) is 27.1. The highest BCUT2D eigenvalue weighted by atomic mass is 35.5. The fourth-order valence-electron chi connectivity index (χ4n) is 4.87. The molecule has 0 spiro atoms. The molecule has 0 radical (unpaired) electrons. The second-order valence-corrected chi connectivity index (χ2v) is 9.98. The number of nitrogens with one attached hydrogen (secondary N) is 2. The second-order valence-electron chi connectivity index (χ2n) is 9.57. The van der Waals surface area contributed by atoms with Crippen LogP contribution in [-0.4, -0.2) is 15.9 Å². The summed E-state index contributed by atoms with van der Waals surface area (Å²) in [7, 11) is 0. The number of ether oxygens (including phenoxy) is 2. The van der Waals surface area contributed by atoms with Crippen LogP contribution >= 0.6 is 11.6 Å². The number of nitrogens with zero attached hydrogens (tertiary/aromatic N) is 2. The first-order valence-corrected chi connectivity index (χ1v) is 13.9. The minimum Gasteiger partial charge on any atom is -0.480 e. The Kier molecular flexibility index (Phi) is 8.10. The zero-order chi connectivity index (χ0) is 28.7. The Morgan fingerprint density at radius 1 is 0.738 bits per heavy atom. The fraction of sp³-hybridized carbons (Fsp3) is 0.0882. The Labute approximate surface area is 248 Å². The molecule has 208 valence electrons. The van der Waals surface area contributed by atoms with Crippen molar-refractivity contribution in [2.45, 2.75) is 18.8 Å². The summed E-state index contributed by atoms with van der Waals surface area (Å²) in [6.45, 7) is 0.310. The van der Waals surface area contributed by atoms with Gasteiger partial charge >= 0.3 is 0 Å². The predicted molar refractivity (Wildman–Crippen MR) is 162 cm³/mol. The monoisotopic (exact) mass is 574 g/mol. The Bertz CT molecular complexity index is 1700. The van der Waals surface area contributed by atoms with Crippen molar-refractivity contribution in [1.29, 1.82) is 0 Å². The summed E-state index contributed by atoms with van der Waals surface area (Å²) in [5.74, 6) is 1.48. The normalized spacial score (nSPS) is 15.8. The van der Waals surface area contributed by atoms with Crippen LogP contribution in [0.15, 0.2) is 139 Å². The minimum absolute atomic E-state index is 0.288. The Morgan fingerprint density at radius 2 is 1.33 bits per heavy atom. The van der Waals surface area contributed by atoms with Crippen molar-refractivity contribution in [3.63, 3.8) is 0 Å². The van der Waals surface area contributed by atoms with Crippen molar-refractivity contribution in [2.75, 3.05) is 5.32 Å². The van der Waals surface area contributed by atoms with Gasteiger partial charge in [0.05, 0.1) is 16.9 Å². The van der Waals surface area contributed by atoms with Gasteiger partial charge in [0.25, 0.3) is 5.91 Å². The number of hydrogen-bond donors (Lipinski definition) is 2. The third-order valence-corrected chi connectivity index (χ3v) is 7.24. The van der Waals surface area contributed by atoms with Gasteiger partial charge in [0.1, 0.15) is 11.5 Å². The van der Waals surface area contributed by atoms with Gasteiger partial charge in [0.2, 0.25) is 0 Å². The molecule has 0 saturated heterocycles. The van der Waals surface area contributed by atoms with Crippen molar-refractivity contribution in [2.24, 2.45) is 0 Å². The van der Waals surface area contributed by atoms with Crippen LogP contribution in [0, 0.1) is 0 Å². The molecule has 2 N–H and O–H groups in total. The highest BCUT2D eigenvalue weighted by molar-refractivity contribution is 6.30. The number of halogens is 1. The van der Waals surface area contributed by atoms with Gasteiger partial charge in [-0.2, -0.15) is 0 Å². The molecule has 2 unspecified atom stereocenters. The van der Waals surface area contributed by atoms with E-state index in [1.165, 1.54) is 12.4 Å². The summed E-state index contributed by atoms with van der Waals surface area (Å²) in [6.07, 6.45) is 3.49. The smallest absolute Gasteiger partial charge is 0.257 e. The van der Waals surface area contributed by atoms with Gasteiger partial charge in [-0.3, -0.25) is 9.78 Å². The van der Waals surface area contributed by atoms with Gasteiger partial charge in [-0.05, 0) is 35.9 Å². The first-order chi connectivity index (χ1) is 20.7. The Morgan fingerprint density at radius 3 is 2.00 bits per heavy atom. The van der Waals surface area contributed by atoms with E-state index >= 15 is 0 Å². The molecule has 0 aliphatic heterocycles. The molecule has 7 nitrogen and oxygen atoms in total. The van der Waals surface area contributed by atoms with E-state index in [1.807, 2.05) is 103 Å². The maximum atomic E-state index is 13.2. The van der Waals surface area contributed by atoms with E-state index in [0.717, 1.165) is 16.7 Å². The summed E-state index contributed by atoms with van der Waals surface area (Å²) < 4.78 is 13.0. The van der Waals surface area contributed by atoms with Crippen LogP contribution in [-0.2, 0) is 6.54 Å². The molecule has 1 aliphatic carbocycles. The minimum atomic E-state index is -0.557. The van der Waals surface area contributed by atoms with E-state index in [2.05, 4.69) is 20.6 Å². The number of amides is 1. The molecule has 0 bridgehead atoms.